The summed E-state index contributed by atoms with van der Waals surface area (Å²) in [6.45, 7) is 4.24. The Morgan fingerprint density at radius 1 is 1.15 bits per heavy atom. The Morgan fingerprint density at radius 3 is 2.59 bits per heavy atom. The number of halogens is 1. The van der Waals surface area contributed by atoms with Crippen molar-refractivity contribution >= 4 is 51.7 Å². The zero-order valence-corrected chi connectivity index (χ0v) is 16.6. The molecule has 2 aromatic carbocycles. The highest BCUT2D eigenvalue weighted by molar-refractivity contribution is 8.27. The molecule has 27 heavy (non-hydrogen) atoms. The maximum Gasteiger partial charge on any atom is 0.270 e. The van der Waals surface area contributed by atoms with Crippen LogP contribution in [0.4, 0.5) is 15.8 Å². The van der Waals surface area contributed by atoms with Gasteiger partial charge in [0.05, 0.1) is 10.6 Å². The maximum atomic E-state index is 14.1. The number of amides is 1. The number of anilines is 2. The molecule has 6 heteroatoms. The molecule has 2 aliphatic heterocycles. The molecule has 2 heterocycles. The van der Waals surface area contributed by atoms with Gasteiger partial charge in [0.25, 0.3) is 5.91 Å². The minimum absolute atomic E-state index is 0.199. The number of hydrogen-bond acceptors (Lipinski definition) is 4. The van der Waals surface area contributed by atoms with E-state index in [1.807, 2.05) is 19.1 Å². The van der Waals surface area contributed by atoms with E-state index in [-0.39, 0.29) is 11.6 Å². The Hall–Kier alpha value is -2.18. The lowest BCUT2D eigenvalue weighted by Gasteiger charge is -2.18. The van der Waals surface area contributed by atoms with Crippen LogP contribution >= 0.6 is 24.0 Å². The average Bonchev–Trinajstić information content (AvgIpc) is 3.27. The minimum Gasteiger partial charge on any atom is -0.372 e. The molecular formula is C21H19FN2OS2. The van der Waals surface area contributed by atoms with E-state index in [1.54, 1.807) is 18.2 Å². The van der Waals surface area contributed by atoms with Crippen molar-refractivity contribution in [3.05, 3.63) is 64.3 Å². The van der Waals surface area contributed by atoms with E-state index in [9.17, 15) is 9.18 Å². The quantitative estimate of drug-likeness (QED) is 0.528. The first-order valence-corrected chi connectivity index (χ1v) is 10.1. The van der Waals surface area contributed by atoms with Crippen molar-refractivity contribution in [2.75, 3.05) is 22.9 Å². The molecule has 3 nitrogen and oxygen atoms in total. The molecule has 2 fully saturated rings. The van der Waals surface area contributed by atoms with E-state index in [0.29, 0.717) is 9.23 Å². The Morgan fingerprint density at radius 2 is 1.89 bits per heavy atom. The van der Waals surface area contributed by atoms with Gasteiger partial charge in [0.15, 0.2) is 4.32 Å². The lowest BCUT2D eigenvalue weighted by atomic mass is 10.1. The van der Waals surface area contributed by atoms with E-state index in [4.69, 9.17) is 12.2 Å². The van der Waals surface area contributed by atoms with E-state index in [2.05, 4.69) is 17.0 Å². The van der Waals surface area contributed by atoms with Crippen LogP contribution in [0.5, 0.6) is 0 Å². The molecule has 0 bridgehead atoms. The van der Waals surface area contributed by atoms with Gasteiger partial charge in [-0.05, 0) is 61.2 Å². The highest BCUT2D eigenvalue weighted by Crippen LogP contribution is 2.37. The Kier molecular flexibility index (Phi) is 5.02. The van der Waals surface area contributed by atoms with Crippen LogP contribution in [0.3, 0.4) is 0 Å². The average molecular weight is 399 g/mol. The SMILES string of the molecule is Cc1cc(N2CCCC2)ccc1/C=C1\SC(=S)N(c2ccccc2F)C1=O. The smallest absolute Gasteiger partial charge is 0.270 e. The van der Waals surface area contributed by atoms with Gasteiger partial charge in [-0.3, -0.25) is 9.69 Å². The van der Waals surface area contributed by atoms with Gasteiger partial charge in [-0.25, -0.2) is 4.39 Å². The van der Waals surface area contributed by atoms with E-state index in [1.165, 1.54) is 41.3 Å². The number of para-hydroxylation sites is 1. The maximum absolute atomic E-state index is 14.1. The predicted octanol–water partition coefficient (Wildman–Crippen LogP) is 5.14. The first-order valence-electron chi connectivity index (χ1n) is 8.93. The van der Waals surface area contributed by atoms with Crippen LogP contribution in [0.15, 0.2) is 47.4 Å². The van der Waals surface area contributed by atoms with Crippen LogP contribution in [0.25, 0.3) is 6.08 Å². The van der Waals surface area contributed by atoms with Crippen molar-refractivity contribution in [1.82, 2.24) is 0 Å². The normalized spacial score (nSPS) is 18.8. The summed E-state index contributed by atoms with van der Waals surface area (Å²) in [5.41, 5.74) is 3.51. The molecule has 1 amide bonds. The third kappa shape index (κ3) is 3.51. The van der Waals surface area contributed by atoms with E-state index < -0.39 is 5.82 Å². The lowest BCUT2D eigenvalue weighted by molar-refractivity contribution is -0.113. The number of carbonyl (C=O) groups excluding carboxylic acids is 1. The molecule has 0 aliphatic carbocycles. The van der Waals surface area contributed by atoms with Crippen molar-refractivity contribution < 1.29 is 9.18 Å². The first-order chi connectivity index (χ1) is 13.0. The molecule has 0 aromatic heterocycles. The number of nitrogens with zero attached hydrogens (tertiary/aromatic N) is 2. The van der Waals surface area contributed by atoms with Crippen molar-refractivity contribution in [3.8, 4) is 0 Å². The summed E-state index contributed by atoms with van der Waals surface area (Å²) in [5.74, 6) is -0.737. The number of benzene rings is 2. The second kappa shape index (κ2) is 7.44. The summed E-state index contributed by atoms with van der Waals surface area (Å²) >= 11 is 6.54. The van der Waals surface area contributed by atoms with Crippen molar-refractivity contribution in [2.45, 2.75) is 19.8 Å². The Bertz CT molecular complexity index is 951. The van der Waals surface area contributed by atoms with Gasteiger partial charge in [-0.1, -0.05) is 42.2 Å². The molecule has 2 aliphatic rings. The first kappa shape index (κ1) is 18.2. The third-order valence-corrected chi connectivity index (χ3v) is 6.20. The van der Waals surface area contributed by atoms with Gasteiger partial charge in [0.2, 0.25) is 0 Å². The van der Waals surface area contributed by atoms with Crippen molar-refractivity contribution in [1.29, 1.82) is 0 Å². The van der Waals surface area contributed by atoms with Gasteiger partial charge in [0.1, 0.15) is 5.82 Å². The molecule has 0 atom stereocenters. The monoisotopic (exact) mass is 398 g/mol. The molecule has 2 saturated heterocycles. The zero-order valence-electron chi connectivity index (χ0n) is 14.9. The number of thiocarbonyl (C=S) groups is 1. The summed E-state index contributed by atoms with van der Waals surface area (Å²) in [6.07, 6.45) is 4.32. The van der Waals surface area contributed by atoms with Crippen molar-refractivity contribution in [2.24, 2.45) is 0 Å². The summed E-state index contributed by atoms with van der Waals surface area (Å²) in [4.78, 5) is 17.0. The van der Waals surface area contributed by atoms with Crippen LogP contribution in [-0.4, -0.2) is 23.3 Å². The Labute approximate surface area is 167 Å². The van der Waals surface area contributed by atoms with Gasteiger partial charge >= 0.3 is 0 Å². The predicted molar refractivity (Wildman–Crippen MR) is 115 cm³/mol. The summed E-state index contributed by atoms with van der Waals surface area (Å²) in [7, 11) is 0. The third-order valence-electron chi connectivity index (χ3n) is 4.90. The molecule has 138 valence electrons. The van der Waals surface area contributed by atoms with Crippen molar-refractivity contribution in [3.63, 3.8) is 0 Å². The topological polar surface area (TPSA) is 23.6 Å². The zero-order chi connectivity index (χ0) is 19.0. The highest BCUT2D eigenvalue weighted by Gasteiger charge is 2.34. The van der Waals surface area contributed by atoms with E-state index in [0.717, 1.165) is 24.2 Å². The molecular weight excluding hydrogens is 379 g/mol. The van der Waals surface area contributed by atoms with Crippen LogP contribution in [-0.2, 0) is 4.79 Å². The van der Waals surface area contributed by atoms with Crippen LogP contribution in [0.1, 0.15) is 24.0 Å². The summed E-state index contributed by atoms with van der Waals surface area (Å²) in [6, 6.07) is 12.5. The molecule has 4 rings (SSSR count). The number of hydrogen-bond donors (Lipinski definition) is 0. The van der Waals surface area contributed by atoms with Gasteiger partial charge in [-0.2, -0.15) is 0 Å². The number of rotatable bonds is 3. The highest BCUT2D eigenvalue weighted by atomic mass is 32.2. The van der Waals surface area contributed by atoms with Gasteiger partial charge < -0.3 is 4.90 Å². The van der Waals surface area contributed by atoms with Gasteiger partial charge in [-0.15, -0.1) is 0 Å². The molecule has 0 N–H and O–H groups in total. The molecule has 2 aromatic rings. The number of thioether (sulfide) groups is 1. The number of carbonyl (C=O) groups is 1. The molecule has 0 unspecified atom stereocenters. The standard InChI is InChI=1S/C21H19FN2OS2/c1-14-12-16(23-10-4-5-11-23)9-8-15(14)13-19-20(25)24(21(26)27-19)18-7-3-2-6-17(18)22/h2-3,6-9,12-13H,4-5,10-11H2,1H3/b19-13-. The minimum atomic E-state index is -0.457. The lowest BCUT2D eigenvalue weighted by Crippen LogP contribution is -2.28. The fourth-order valence-electron chi connectivity index (χ4n) is 3.44. The fourth-order valence-corrected chi connectivity index (χ4v) is 4.72. The summed E-state index contributed by atoms with van der Waals surface area (Å²) < 4.78 is 14.5. The molecule has 0 spiro atoms. The van der Waals surface area contributed by atoms with E-state index >= 15 is 0 Å². The molecule has 0 radical (unpaired) electrons. The molecule has 0 saturated carbocycles. The Balaban J connectivity index is 1.62. The number of aryl methyl sites for hydroxylation is 1. The van der Waals surface area contributed by atoms with Crippen LogP contribution < -0.4 is 9.80 Å². The summed E-state index contributed by atoms with van der Waals surface area (Å²) in [5, 5.41) is 0. The largest absolute Gasteiger partial charge is 0.372 e. The fraction of sp³-hybridized carbons (Fsp3) is 0.238. The van der Waals surface area contributed by atoms with Crippen LogP contribution in [0.2, 0.25) is 0 Å². The second-order valence-corrected chi connectivity index (χ2v) is 8.38. The second-order valence-electron chi connectivity index (χ2n) is 6.70. The van der Waals surface area contributed by atoms with Crippen LogP contribution in [0, 0.1) is 12.7 Å². The van der Waals surface area contributed by atoms with Gasteiger partial charge in [0, 0.05) is 18.8 Å².